The zero-order chi connectivity index (χ0) is 14.9. The highest BCUT2D eigenvalue weighted by atomic mass is 16.5. The lowest BCUT2D eigenvalue weighted by Gasteiger charge is -2.29. The summed E-state index contributed by atoms with van der Waals surface area (Å²) < 4.78 is 12.0. The Labute approximate surface area is 127 Å². The topological polar surface area (TPSA) is 47.7 Å². The number of piperidine rings is 1. The van der Waals surface area contributed by atoms with Crippen LogP contribution in [0.15, 0.2) is 18.2 Å². The van der Waals surface area contributed by atoms with Crippen molar-refractivity contribution in [3.63, 3.8) is 0 Å². The van der Waals surface area contributed by atoms with E-state index in [4.69, 9.17) is 15.2 Å². The Balaban J connectivity index is 1.54. The Morgan fingerprint density at radius 2 is 2.10 bits per heavy atom. The molecule has 1 fully saturated rings. The fourth-order valence-electron chi connectivity index (χ4n) is 3.16. The van der Waals surface area contributed by atoms with Crippen molar-refractivity contribution in [3.05, 3.63) is 23.8 Å². The summed E-state index contributed by atoms with van der Waals surface area (Å²) in [4.78, 5) is 2.43. The lowest BCUT2D eigenvalue weighted by atomic mass is 10.0. The predicted molar refractivity (Wildman–Crippen MR) is 84.0 cm³/mol. The number of nitrogens with zero attached hydrogens (tertiary/aromatic N) is 1. The van der Waals surface area contributed by atoms with Crippen LogP contribution in [0.2, 0.25) is 0 Å². The molecular weight excluding hydrogens is 264 g/mol. The Morgan fingerprint density at radius 1 is 1.33 bits per heavy atom. The van der Waals surface area contributed by atoms with Crippen molar-refractivity contribution in [2.45, 2.75) is 44.8 Å². The first kappa shape index (κ1) is 14.7. The number of benzene rings is 1. The minimum atomic E-state index is -0.120. The van der Waals surface area contributed by atoms with Crippen molar-refractivity contribution in [2.24, 2.45) is 5.73 Å². The molecule has 2 heterocycles. The van der Waals surface area contributed by atoms with Gasteiger partial charge in [0.25, 0.3) is 0 Å². The van der Waals surface area contributed by atoms with Gasteiger partial charge in [0.1, 0.15) is 12.2 Å². The maximum absolute atomic E-state index is 6.03. The number of hydrogen-bond donors (Lipinski definition) is 1. The van der Waals surface area contributed by atoms with E-state index in [-0.39, 0.29) is 5.60 Å². The molecule has 116 valence electrons. The Morgan fingerprint density at radius 3 is 2.86 bits per heavy atom. The van der Waals surface area contributed by atoms with Gasteiger partial charge in [-0.3, -0.25) is 4.90 Å². The van der Waals surface area contributed by atoms with Crippen molar-refractivity contribution in [1.29, 1.82) is 0 Å². The van der Waals surface area contributed by atoms with Crippen molar-refractivity contribution in [3.8, 4) is 11.5 Å². The summed E-state index contributed by atoms with van der Waals surface area (Å²) in [6.07, 6.45) is 3.14. The highest BCUT2D eigenvalue weighted by molar-refractivity contribution is 5.50. The second-order valence-corrected chi connectivity index (χ2v) is 6.81. The molecule has 0 spiro atoms. The van der Waals surface area contributed by atoms with Gasteiger partial charge < -0.3 is 15.2 Å². The molecule has 2 aliphatic heterocycles. The highest BCUT2D eigenvalue weighted by Crippen LogP contribution is 2.41. The average Bonchev–Trinajstić information content (AvgIpc) is 2.76. The maximum atomic E-state index is 6.03. The second-order valence-electron chi connectivity index (χ2n) is 6.81. The van der Waals surface area contributed by atoms with Crippen LogP contribution >= 0.6 is 0 Å². The van der Waals surface area contributed by atoms with Gasteiger partial charge in [-0.1, -0.05) is 12.1 Å². The third-order valence-electron chi connectivity index (χ3n) is 4.35. The quantitative estimate of drug-likeness (QED) is 0.923. The molecule has 0 unspecified atom stereocenters. The molecule has 0 saturated carbocycles. The number of likely N-dealkylation sites (tertiary alicyclic amines) is 1. The zero-order valence-electron chi connectivity index (χ0n) is 13.1. The van der Waals surface area contributed by atoms with E-state index in [0.717, 1.165) is 50.4 Å². The van der Waals surface area contributed by atoms with Gasteiger partial charge in [0, 0.05) is 24.6 Å². The van der Waals surface area contributed by atoms with E-state index < -0.39 is 0 Å². The Kier molecular flexibility index (Phi) is 4.09. The normalized spacial score (nSPS) is 21.9. The molecule has 0 amide bonds. The van der Waals surface area contributed by atoms with E-state index in [1.54, 1.807) is 0 Å². The molecule has 0 radical (unpaired) electrons. The van der Waals surface area contributed by atoms with Gasteiger partial charge in [0.15, 0.2) is 11.5 Å². The van der Waals surface area contributed by atoms with Crippen LogP contribution in [0.1, 0.15) is 32.3 Å². The van der Waals surface area contributed by atoms with E-state index in [1.807, 2.05) is 6.07 Å². The largest absolute Gasteiger partial charge is 0.488 e. The lowest BCUT2D eigenvalue weighted by Crippen LogP contribution is -2.41. The van der Waals surface area contributed by atoms with Crippen molar-refractivity contribution in [1.82, 2.24) is 4.90 Å². The molecular formula is C17H26N2O2. The summed E-state index contributed by atoms with van der Waals surface area (Å²) >= 11 is 0. The van der Waals surface area contributed by atoms with Gasteiger partial charge in [0.05, 0.1) is 0 Å². The fourth-order valence-corrected chi connectivity index (χ4v) is 3.16. The molecule has 1 aromatic carbocycles. The molecule has 4 heteroatoms. The highest BCUT2D eigenvalue weighted by Gasteiger charge is 2.32. The van der Waals surface area contributed by atoms with E-state index in [1.165, 1.54) is 5.56 Å². The fraction of sp³-hybridized carbons (Fsp3) is 0.647. The number of fused-ring (bicyclic) bond motifs is 1. The standard InChI is InChI=1S/C17H26N2O2/c1-17(2)12-13-4-3-5-15(16(13)21-17)20-11-10-19-8-6-14(18)7-9-19/h3-5,14H,6-12,18H2,1-2H3. The van der Waals surface area contributed by atoms with E-state index in [2.05, 4.69) is 30.9 Å². The third-order valence-corrected chi connectivity index (χ3v) is 4.35. The summed E-state index contributed by atoms with van der Waals surface area (Å²) in [5.41, 5.74) is 7.06. The molecule has 0 aromatic heterocycles. The Hall–Kier alpha value is -1.26. The predicted octanol–water partition coefficient (Wildman–Crippen LogP) is 2.20. The van der Waals surface area contributed by atoms with Gasteiger partial charge in [-0.15, -0.1) is 0 Å². The molecule has 1 saturated heterocycles. The maximum Gasteiger partial charge on any atom is 0.165 e. The Bertz CT molecular complexity index is 494. The van der Waals surface area contributed by atoms with Crippen LogP contribution in [0.25, 0.3) is 0 Å². The summed E-state index contributed by atoms with van der Waals surface area (Å²) in [6, 6.07) is 6.57. The van der Waals surface area contributed by atoms with Crippen LogP contribution < -0.4 is 15.2 Å². The molecule has 1 aromatic rings. The minimum absolute atomic E-state index is 0.120. The summed E-state index contributed by atoms with van der Waals surface area (Å²) in [6.45, 7) is 8.07. The van der Waals surface area contributed by atoms with Crippen molar-refractivity contribution in [2.75, 3.05) is 26.2 Å². The van der Waals surface area contributed by atoms with Crippen molar-refractivity contribution < 1.29 is 9.47 Å². The second kappa shape index (κ2) is 5.85. The van der Waals surface area contributed by atoms with Gasteiger partial charge in [-0.2, -0.15) is 0 Å². The molecule has 4 nitrogen and oxygen atoms in total. The molecule has 2 aliphatic rings. The number of para-hydroxylation sites is 1. The van der Waals surface area contributed by atoms with E-state index in [0.29, 0.717) is 12.6 Å². The van der Waals surface area contributed by atoms with E-state index in [9.17, 15) is 0 Å². The van der Waals surface area contributed by atoms with Gasteiger partial charge in [-0.05, 0) is 45.8 Å². The molecule has 3 rings (SSSR count). The average molecular weight is 290 g/mol. The zero-order valence-corrected chi connectivity index (χ0v) is 13.1. The van der Waals surface area contributed by atoms with Crippen LogP contribution in [0, 0.1) is 0 Å². The number of ether oxygens (including phenoxy) is 2. The minimum Gasteiger partial charge on any atom is -0.488 e. The van der Waals surface area contributed by atoms with Crippen LogP contribution in [-0.4, -0.2) is 42.8 Å². The first-order valence-electron chi connectivity index (χ1n) is 7.95. The van der Waals surface area contributed by atoms with Crippen LogP contribution in [0.3, 0.4) is 0 Å². The molecule has 21 heavy (non-hydrogen) atoms. The van der Waals surface area contributed by atoms with Gasteiger partial charge >= 0.3 is 0 Å². The number of nitrogens with two attached hydrogens (primary N) is 1. The number of rotatable bonds is 4. The van der Waals surface area contributed by atoms with Crippen LogP contribution in [0.5, 0.6) is 11.5 Å². The van der Waals surface area contributed by atoms with E-state index >= 15 is 0 Å². The first-order chi connectivity index (χ1) is 10.0. The van der Waals surface area contributed by atoms with Gasteiger partial charge in [0.2, 0.25) is 0 Å². The summed E-state index contributed by atoms with van der Waals surface area (Å²) in [5, 5.41) is 0. The third kappa shape index (κ3) is 3.50. The molecule has 0 bridgehead atoms. The molecule has 2 N–H and O–H groups in total. The van der Waals surface area contributed by atoms with Crippen LogP contribution in [-0.2, 0) is 6.42 Å². The number of hydrogen-bond acceptors (Lipinski definition) is 4. The molecule has 0 atom stereocenters. The monoisotopic (exact) mass is 290 g/mol. The summed E-state index contributed by atoms with van der Waals surface area (Å²) in [5.74, 6) is 1.81. The molecule has 0 aliphatic carbocycles. The first-order valence-corrected chi connectivity index (χ1v) is 7.95. The SMILES string of the molecule is CC1(C)Cc2cccc(OCCN3CCC(N)CC3)c2O1. The smallest absolute Gasteiger partial charge is 0.165 e. The van der Waals surface area contributed by atoms with Crippen LogP contribution in [0.4, 0.5) is 0 Å². The summed E-state index contributed by atoms with van der Waals surface area (Å²) in [7, 11) is 0. The lowest BCUT2D eigenvalue weighted by molar-refractivity contribution is 0.128. The van der Waals surface area contributed by atoms with Gasteiger partial charge in [-0.25, -0.2) is 0 Å². The van der Waals surface area contributed by atoms with Crippen molar-refractivity contribution >= 4 is 0 Å².